The van der Waals surface area contributed by atoms with Crippen molar-refractivity contribution in [1.82, 2.24) is 19.9 Å². The fourth-order valence-electron chi connectivity index (χ4n) is 7.25. The Labute approximate surface area is 319 Å². The van der Waals surface area contributed by atoms with E-state index in [0.717, 1.165) is 22.3 Å². The van der Waals surface area contributed by atoms with Gasteiger partial charge in [-0.1, -0.05) is 112 Å². The zero-order valence-electron chi connectivity index (χ0n) is 30.5. The van der Waals surface area contributed by atoms with Crippen LogP contribution in [0.15, 0.2) is 84.9 Å². The molecule has 5 nitrogen and oxygen atoms in total. The maximum atomic E-state index is 15.8. The lowest BCUT2D eigenvalue weighted by Gasteiger charge is -2.18. The smallest absolute Gasteiger partial charge is 0.214 e. The molecule has 4 aromatic carbocycles. The molecule has 0 amide bonds. The summed E-state index contributed by atoms with van der Waals surface area (Å²) in [7, 11) is 0. The normalized spacial score (nSPS) is 12.4. The van der Waals surface area contributed by atoms with Gasteiger partial charge in [0.05, 0.1) is 11.4 Å². The Bertz CT molecular complexity index is 2840. The van der Waals surface area contributed by atoms with Crippen molar-refractivity contribution in [2.45, 2.75) is 53.4 Å². The number of nitrogens with zero attached hydrogens (tertiary/aromatic N) is 4. The number of aromatic nitrogens is 4. The highest BCUT2D eigenvalue weighted by Crippen LogP contribution is 2.49. The van der Waals surface area contributed by atoms with Crippen LogP contribution < -0.4 is 0 Å². The molecule has 0 aliphatic heterocycles. The van der Waals surface area contributed by atoms with E-state index >= 15 is 8.78 Å². The highest BCUT2D eigenvalue weighted by atomic mass is 32.1. The molecular weight excluding hydrogens is 715 g/mol. The van der Waals surface area contributed by atoms with Crippen molar-refractivity contribution in [3.63, 3.8) is 0 Å². The van der Waals surface area contributed by atoms with E-state index in [1.165, 1.54) is 28.7 Å². The molecular formula is C45H34F2N4OS2. The number of benzene rings is 4. The summed E-state index contributed by atoms with van der Waals surface area (Å²) in [4.78, 5) is 37.7. The molecule has 1 aliphatic carbocycles. The Morgan fingerprint density at radius 1 is 0.519 bits per heavy atom. The molecule has 0 bridgehead atoms. The molecule has 0 fully saturated rings. The lowest BCUT2D eigenvalue weighted by atomic mass is 9.97. The molecule has 0 radical (unpaired) electrons. The van der Waals surface area contributed by atoms with Crippen molar-refractivity contribution >= 4 is 50.5 Å². The highest BCUT2D eigenvalue weighted by molar-refractivity contribution is 7.16. The van der Waals surface area contributed by atoms with Gasteiger partial charge in [0.15, 0.2) is 0 Å². The van der Waals surface area contributed by atoms with Crippen LogP contribution in [-0.4, -0.2) is 25.7 Å². The van der Waals surface area contributed by atoms with E-state index in [0.29, 0.717) is 80.9 Å². The Morgan fingerprint density at radius 2 is 0.907 bits per heavy atom. The molecule has 4 aromatic heterocycles. The molecule has 9 rings (SSSR count). The third kappa shape index (κ3) is 5.40. The molecule has 0 saturated carbocycles. The van der Waals surface area contributed by atoms with Crippen LogP contribution in [0.25, 0.3) is 76.7 Å². The van der Waals surface area contributed by atoms with Gasteiger partial charge in [0, 0.05) is 52.9 Å². The minimum atomic E-state index is -0.321. The first-order valence-electron chi connectivity index (χ1n) is 17.9. The maximum absolute atomic E-state index is 15.8. The average Bonchev–Trinajstić information content (AvgIpc) is 3.82. The lowest BCUT2D eigenvalue weighted by Crippen LogP contribution is -2.04. The van der Waals surface area contributed by atoms with Crippen molar-refractivity contribution in [3.8, 4) is 54.7 Å². The van der Waals surface area contributed by atoms with Gasteiger partial charge in [0.1, 0.15) is 45.1 Å². The number of rotatable bonds is 6. The fourth-order valence-corrected chi connectivity index (χ4v) is 9.42. The third-order valence-corrected chi connectivity index (χ3v) is 12.9. The first kappa shape index (κ1) is 34.3. The van der Waals surface area contributed by atoms with E-state index in [1.807, 2.05) is 108 Å². The number of aryl methyl sites for hydroxylation is 2. The molecule has 4 heterocycles. The largest absolute Gasteiger partial charge is 0.287 e. The maximum Gasteiger partial charge on any atom is 0.214 e. The third-order valence-electron chi connectivity index (χ3n) is 10.00. The van der Waals surface area contributed by atoms with Crippen LogP contribution in [0.5, 0.6) is 0 Å². The molecule has 9 heteroatoms. The Balaban J connectivity index is 1.51. The summed E-state index contributed by atoms with van der Waals surface area (Å²) >= 11 is 2.69. The second-order valence-corrected chi connectivity index (χ2v) is 16.7. The number of thiophene rings is 2. The van der Waals surface area contributed by atoms with Crippen molar-refractivity contribution in [3.05, 3.63) is 129 Å². The van der Waals surface area contributed by atoms with Crippen LogP contribution in [0, 0.1) is 25.5 Å². The van der Waals surface area contributed by atoms with E-state index in [9.17, 15) is 4.79 Å². The SMILES string of the molecule is Cc1ccc(-c2nc3c(-c4cc(F)c(C(C)C)s4)c4nc5c(nc4c(-c4cc(F)c(C(C)C)s4)c3nc2-c2ccc(C)cc2)-c2ccccc2C5=O)cc1. The van der Waals surface area contributed by atoms with Gasteiger partial charge in [0.2, 0.25) is 5.78 Å². The van der Waals surface area contributed by atoms with Gasteiger partial charge in [-0.05, 0) is 37.8 Å². The van der Waals surface area contributed by atoms with E-state index in [4.69, 9.17) is 19.9 Å². The minimum Gasteiger partial charge on any atom is -0.287 e. The quantitative estimate of drug-likeness (QED) is 0.158. The molecule has 0 spiro atoms. The fraction of sp³-hybridized carbons (Fsp3) is 0.178. The van der Waals surface area contributed by atoms with E-state index < -0.39 is 0 Å². The summed E-state index contributed by atoms with van der Waals surface area (Å²) < 4.78 is 31.7. The standard InChI is InChI=1S/C45H34F2N4OS2/c1-21(2)44-29(46)19-31(53-44)33-38-39(49-36(26-17-13-24(6)14-18-26)35(48-38)25-15-11-23(5)12-16-25)34(32-20-30(47)45(54-32)22(3)4)41-40(33)50-37-27-9-7-8-10-28(27)43(52)42(37)51-41/h7-22H,1-6H3. The van der Waals surface area contributed by atoms with Gasteiger partial charge < -0.3 is 0 Å². The molecule has 266 valence electrons. The highest BCUT2D eigenvalue weighted by Gasteiger charge is 2.34. The van der Waals surface area contributed by atoms with Gasteiger partial charge in [-0.25, -0.2) is 28.7 Å². The predicted octanol–water partition coefficient (Wildman–Crippen LogP) is 12.7. The van der Waals surface area contributed by atoms with Gasteiger partial charge in [-0.15, -0.1) is 22.7 Å². The number of hydrogen-bond acceptors (Lipinski definition) is 7. The van der Waals surface area contributed by atoms with Crippen molar-refractivity contribution < 1.29 is 13.6 Å². The van der Waals surface area contributed by atoms with Crippen LogP contribution in [-0.2, 0) is 0 Å². The van der Waals surface area contributed by atoms with Crippen molar-refractivity contribution in [1.29, 1.82) is 0 Å². The molecule has 1 aliphatic rings. The zero-order chi connectivity index (χ0) is 37.6. The first-order chi connectivity index (χ1) is 26.0. The number of carbonyl (C=O) groups excluding carboxylic acids is 1. The summed E-state index contributed by atoms with van der Waals surface area (Å²) in [5, 5.41) is 0. The lowest BCUT2D eigenvalue weighted by molar-refractivity contribution is 0.103. The molecule has 8 aromatic rings. The van der Waals surface area contributed by atoms with Crippen LogP contribution in [0.1, 0.15) is 76.5 Å². The van der Waals surface area contributed by atoms with Crippen LogP contribution in [0.2, 0.25) is 0 Å². The second-order valence-electron chi connectivity index (χ2n) is 14.5. The summed E-state index contributed by atoms with van der Waals surface area (Å²) in [6, 6.07) is 26.7. The van der Waals surface area contributed by atoms with Gasteiger partial charge in [-0.3, -0.25) is 4.79 Å². The summed E-state index contributed by atoms with van der Waals surface area (Å²) in [6.45, 7) is 11.9. The number of hydrogen-bond donors (Lipinski definition) is 0. The van der Waals surface area contributed by atoms with Crippen LogP contribution >= 0.6 is 22.7 Å². The van der Waals surface area contributed by atoms with Crippen LogP contribution in [0.4, 0.5) is 8.78 Å². The first-order valence-corrected chi connectivity index (χ1v) is 19.6. The monoisotopic (exact) mass is 748 g/mol. The van der Waals surface area contributed by atoms with Gasteiger partial charge >= 0.3 is 0 Å². The topological polar surface area (TPSA) is 68.6 Å². The number of fused-ring (bicyclic) bond motifs is 5. The molecule has 0 unspecified atom stereocenters. The Hall–Kier alpha value is -5.51. The summed E-state index contributed by atoms with van der Waals surface area (Å²) in [6.07, 6.45) is 0. The molecule has 0 N–H and O–H groups in total. The van der Waals surface area contributed by atoms with Crippen LogP contribution in [0.3, 0.4) is 0 Å². The minimum absolute atomic E-state index is 0.0636. The molecule has 0 saturated heterocycles. The molecule has 0 atom stereocenters. The Morgan fingerprint density at radius 3 is 1.31 bits per heavy atom. The molecule has 54 heavy (non-hydrogen) atoms. The van der Waals surface area contributed by atoms with E-state index in [2.05, 4.69) is 0 Å². The second kappa shape index (κ2) is 12.8. The van der Waals surface area contributed by atoms with Gasteiger partial charge in [-0.2, -0.15) is 0 Å². The number of ketones is 1. The zero-order valence-corrected chi connectivity index (χ0v) is 32.1. The van der Waals surface area contributed by atoms with Gasteiger partial charge in [0.25, 0.3) is 0 Å². The van der Waals surface area contributed by atoms with Crippen molar-refractivity contribution in [2.75, 3.05) is 0 Å². The predicted molar refractivity (Wildman–Crippen MR) is 217 cm³/mol. The summed E-state index contributed by atoms with van der Waals surface area (Å²) in [5.74, 6) is -0.995. The van der Waals surface area contributed by atoms with E-state index in [-0.39, 0.29) is 34.9 Å². The average molecular weight is 749 g/mol. The van der Waals surface area contributed by atoms with E-state index in [1.54, 1.807) is 12.1 Å². The number of halogens is 2. The Kier molecular flexibility index (Phi) is 8.13. The summed E-state index contributed by atoms with van der Waals surface area (Å²) in [5.41, 5.74) is 10.0. The van der Waals surface area contributed by atoms with Crippen molar-refractivity contribution in [2.24, 2.45) is 0 Å². The number of carbonyl (C=O) groups is 1.